The van der Waals surface area contributed by atoms with Gasteiger partial charge in [0.1, 0.15) is 18.1 Å². The number of carbonyl (C=O) groups excluding carboxylic acids is 4. The molecule has 12 nitrogen and oxygen atoms in total. The largest absolute Gasteiger partial charge is 0.480 e. The van der Waals surface area contributed by atoms with Crippen LogP contribution in [0, 0.1) is 0 Å². The Kier molecular flexibility index (Phi) is 12.0. The maximum Gasteiger partial charge on any atom is 0.326 e. The van der Waals surface area contributed by atoms with Crippen molar-refractivity contribution in [3.05, 3.63) is 35.9 Å². The van der Waals surface area contributed by atoms with Gasteiger partial charge in [0.05, 0.1) is 6.04 Å². The fraction of sp³-hybridized carbons (Fsp3) is 0.560. The molecule has 2 rings (SSSR count). The molecule has 0 aliphatic carbocycles. The van der Waals surface area contributed by atoms with Crippen LogP contribution in [0.2, 0.25) is 0 Å². The van der Waals surface area contributed by atoms with E-state index in [1.165, 1.54) is 4.90 Å². The second kappa shape index (κ2) is 14.9. The quantitative estimate of drug-likeness (QED) is 0.158. The van der Waals surface area contributed by atoms with Crippen LogP contribution in [0.25, 0.3) is 0 Å². The van der Waals surface area contributed by atoms with Crippen molar-refractivity contribution in [3.63, 3.8) is 0 Å². The topological polar surface area (TPSA) is 211 Å². The lowest BCUT2D eigenvalue weighted by Crippen LogP contribution is -2.57. The monoisotopic (exact) mass is 518 g/mol. The summed E-state index contributed by atoms with van der Waals surface area (Å²) in [6.07, 6.45) is 2.48. The molecular weight excluding hydrogens is 480 g/mol. The number of primary amides is 1. The molecule has 0 spiro atoms. The zero-order valence-corrected chi connectivity index (χ0v) is 20.9. The number of nitrogens with zero attached hydrogens (tertiary/aromatic N) is 1. The fourth-order valence-electron chi connectivity index (χ4n) is 4.28. The highest BCUT2D eigenvalue weighted by Gasteiger charge is 2.39. The van der Waals surface area contributed by atoms with E-state index in [1.54, 1.807) is 30.3 Å². The van der Waals surface area contributed by atoms with E-state index >= 15 is 0 Å². The standard InChI is InChI=1S/C25H38N6O6/c26-13-5-4-9-17(27)22(33)29-18(11-12-21(28)32)24(35)31-14-6-10-20(31)23(34)30-19(25(36)37)15-16-7-2-1-3-8-16/h1-3,7-8,17-20H,4-6,9-15,26-27H2,(H2,28,32)(H,29,33)(H,30,34)(H,36,37). The molecular formula is C25H38N6O6. The van der Waals surface area contributed by atoms with E-state index < -0.39 is 53.8 Å². The van der Waals surface area contributed by atoms with Crippen LogP contribution in [0.5, 0.6) is 0 Å². The summed E-state index contributed by atoms with van der Waals surface area (Å²) in [6.45, 7) is 0.722. The molecule has 0 bridgehead atoms. The van der Waals surface area contributed by atoms with Crippen molar-refractivity contribution >= 4 is 29.6 Å². The summed E-state index contributed by atoms with van der Waals surface area (Å²) in [5.41, 5.74) is 17.4. The predicted octanol–water partition coefficient (Wildman–Crippen LogP) is -1.00. The number of amides is 4. The smallest absolute Gasteiger partial charge is 0.326 e. The number of aliphatic carboxylic acids is 1. The number of unbranched alkanes of at least 4 members (excludes halogenated alkanes) is 1. The summed E-state index contributed by atoms with van der Waals surface area (Å²) in [5.74, 6) is -3.51. The van der Waals surface area contributed by atoms with Crippen molar-refractivity contribution in [3.8, 4) is 0 Å². The van der Waals surface area contributed by atoms with Crippen molar-refractivity contribution in [1.82, 2.24) is 15.5 Å². The Labute approximate surface area is 216 Å². The van der Waals surface area contributed by atoms with Gasteiger partial charge in [-0.25, -0.2) is 4.79 Å². The average Bonchev–Trinajstić information content (AvgIpc) is 3.36. The molecule has 1 aliphatic heterocycles. The van der Waals surface area contributed by atoms with Crippen LogP contribution < -0.4 is 27.8 Å². The minimum Gasteiger partial charge on any atom is -0.480 e. The van der Waals surface area contributed by atoms with E-state index in [-0.39, 0.29) is 25.8 Å². The molecule has 4 unspecified atom stereocenters. The lowest BCUT2D eigenvalue weighted by atomic mass is 10.0. The Morgan fingerprint density at radius 3 is 2.35 bits per heavy atom. The Morgan fingerprint density at radius 2 is 1.73 bits per heavy atom. The zero-order valence-electron chi connectivity index (χ0n) is 20.9. The lowest BCUT2D eigenvalue weighted by Gasteiger charge is -2.30. The van der Waals surface area contributed by atoms with Crippen LogP contribution in [0.15, 0.2) is 30.3 Å². The number of carbonyl (C=O) groups is 5. The second-order valence-electron chi connectivity index (χ2n) is 9.24. The number of nitrogens with two attached hydrogens (primary N) is 3. The molecule has 37 heavy (non-hydrogen) atoms. The summed E-state index contributed by atoms with van der Waals surface area (Å²) in [5, 5.41) is 14.8. The Balaban J connectivity index is 2.10. The first-order chi connectivity index (χ1) is 17.6. The maximum atomic E-state index is 13.4. The van der Waals surface area contributed by atoms with E-state index in [9.17, 15) is 29.1 Å². The van der Waals surface area contributed by atoms with Gasteiger partial charge in [0, 0.05) is 19.4 Å². The molecule has 1 fully saturated rings. The van der Waals surface area contributed by atoms with Gasteiger partial charge < -0.3 is 37.8 Å². The molecule has 0 aromatic heterocycles. The Morgan fingerprint density at radius 1 is 1.03 bits per heavy atom. The van der Waals surface area contributed by atoms with Crippen LogP contribution in [0.3, 0.4) is 0 Å². The molecule has 12 heteroatoms. The van der Waals surface area contributed by atoms with Gasteiger partial charge in [-0.3, -0.25) is 19.2 Å². The first-order valence-corrected chi connectivity index (χ1v) is 12.6. The van der Waals surface area contributed by atoms with Crippen LogP contribution in [0.4, 0.5) is 0 Å². The number of nitrogens with one attached hydrogen (secondary N) is 2. The molecule has 4 amide bonds. The van der Waals surface area contributed by atoms with E-state index in [0.717, 1.165) is 5.56 Å². The fourth-order valence-corrected chi connectivity index (χ4v) is 4.28. The van der Waals surface area contributed by atoms with Gasteiger partial charge in [0.25, 0.3) is 0 Å². The molecule has 0 saturated carbocycles. The number of hydrogen-bond acceptors (Lipinski definition) is 7. The number of benzene rings is 1. The SMILES string of the molecule is NCCCCC(N)C(=O)NC(CCC(N)=O)C(=O)N1CCCC1C(=O)NC(Cc1ccccc1)C(=O)O. The highest BCUT2D eigenvalue weighted by atomic mass is 16.4. The minimum absolute atomic E-state index is 0.0496. The van der Waals surface area contributed by atoms with Crippen molar-refractivity contribution in [2.24, 2.45) is 17.2 Å². The van der Waals surface area contributed by atoms with Crippen molar-refractivity contribution < 1.29 is 29.1 Å². The molecule has 4 atom stereocenters. The second-order valence-corrected chi connectivity index (χ2v) is 9.24. The number of carboxylic acids is 1. The zero-order chi connectivity index (χ0) is 27.4. The molecule has 1 aliphatic rings. The predicted molar refractivity (Wildman–Crippen MR) is 136 cm³/mol. The molecule has 1 aromatic carbocycles. The first kappa shape index (κ1) is 29.7. The van der Waals surface area contributed by atoms with Crippen LogP contribution in [0.1, 0.15) is 50.5 Å². The molecule has 204 valence electrons. The average molecular weight is 519 g/mol. The minimum atomic E-state index is -1.19. The van der Waals surface area contributed by atoms with Crippen LogP contribution in [-0.4, -0.2) is 76.9 Å². The summed E-state index contributed by atoms with van der Waals surface area (Å²) < 4.78 is 0. The van der Waals surface area contributed by atoms with Gasteiger partial charge in [-0.1, -0.05) is 36.8 Å². The number of hydrogen-bond donors (Lipinski definition) is 6. The Bertz CT molecular complexity index is 943. The van der Waals surface area contributed by atoms with Gasteiger partial charge >= 0.3 is 5.97 Å². The van der Waals surface area contributed by atoms with E-state index in [1.807, 2.05) is 0 Å². The van der Waals surface area contributed by atoms with Crippen molar-refractivity contribution in [1.29, 1.82) is 0 Å². The summed E-state index contributed by atoms with van der Waals surface area (Å²) in [4.78, 5) is 63.6. The molecule has 1 saturated heterocycles. The summed E-state index contributed by atoms with van der Waals surface area (Å²) >= 11 is 0. The van der Waals surface area contributed by atoms with E-state index in [4.69, 9.17) is 17.2 Å². The molecule has 1 aromatic rings. The summed E-state index contributed by atoms with van der Waals surface area (Å²) in [6, 6.07) is 4.84. The molecule has 0 radical (unpaired) electrons. The van der Waals surface area contributed by atoms with Crippen molar-refractivity contribution in [2.45, 2.75) is 75.5 Å². The molecule has 1 heterocycles. The highest BCUT2D eigenvalue weighted by molar-refractivity contribution is 5.94. The number of carboxylic acid groups (broad SMARTS) is 1. The third-order valence-corrected chi connectivity index (χ3v) is 6.34. The maximum absolute atomic E-state index is 13.4. The normalized spacial score (nSPS) is 17.5. The first-order valence-electron chi connectivity index (χ1n) is 12.6. The lowest BCUT2D eigenvalue weighted by molar-refractivity contribution is -0.145. The third-order valence-electron chi connectivity index (χ3n) is 6.34. The van der Waals surface area contributed by atoms with Gasteiger partial charge in [0.2, 0.25) is 23.6 Å². The number of likely N-dealkylation sites (tertiary alicyclic amines) is 1. The summed E-state index contributed by atoms with van der Waals surface area (Å²) in [7, 11) is 0. The third kappa shape index (κ3) is 9.47. The van der Waals surface area contributed by atoms with Gasteiger partial charge in [0.15, 0.2) is 0 Å². The molecule has 9 N–H and O–H groups in total. The van der Waals surface area contributed by atoms with Crippen LogP contribution in [-0.2, 0) is 30.4 Å². The Hall–Kier alpha value is -3.51. The van der Waals surface area contributed by atoms with Crippen molar-refractivity contribution in [2.75, 3.05) is 13.1 Å². The van der Waals surface area contributed by atoms with E-state index in [2.05, 4.69) is 10.6 Å². The van der Waals surface area contributed by atoms with E-state index in [0.29, 0.717) is 38.6 Å². The van der Waals surface area contributed by atoms with Crippen LogP contribution >= 0.6 is 0 Å². The van der Waals surface area contributed by atoms with Gasteiger partial charge in [-0.05, 0) is 44.2 Å². The van der Waals surface area contributed by atoms with Gasteiger partial charge in [-0.15, -0.1) is 0 Å². The highest BCUT2D eigenvalue weighted by Crippen LogP contribution is 2.20. The number of rotatable bonds is 15. The van der Waals surface area contributed by atoms with Gasteiger partial charge in [-0.2, -0.15) is 0 Å².